The van der Waals surface area contributed by atoms with Gasteiger partial charge in [-0.25, -0.2) is 0 Å². The number of carbonyl (C=O) groups excluding carboxylic acids is 1. The summed E-state index contributed by atoms with van der Waals surface area (Å²) < 4.78 is 0.917. The summed E-state index contributed by atoms with van der Waals surface area (Å²) in [5, 5.41) is 3.05. The lowest BCUT2D eigenvalue weighted by Crippen LogP contribution is -2.36. The molecule has 0 spiro atoms. The first-order chi connectivity index (χ1) is 9.90. The van der Waals surface area contributed by atoms with Crippen LogP contribution in [-0.4, -0.2) is 12.5 Å². The van der Waals surface area contributed by atoms with E-state index in [0.717, 1.165) is 10.0 Å². The number of nitrogens with one attached hydrogen (secondary N) is 1. The molecule has 2 aromatic carbocycles. The van der Waals surface area contributed by atoms with E-state index in [2.05, 4.69) is 47.2 Å². The van der Waals surface area contributed by atoms with E-state index < -0.39 is 0 Å². The Hall–Kier alpha value is -1.61. The minimum Gasteiger partial charge on any atom is -0.351 e. The SMILES string of the molecule is Cc1ccc(Br)cc1C(=O)NCC(C)(C)c1ccccc1. The van der Waals surface area contributed by atoms with Crippen molar-refractivity contribution < 1.29 is 4.79 Å². The molecular weight excluding hydrogens is 326 g/mol. The van der Waals surface area contributed by atoms with Crippen molar-refractivity contribution in [1.29, 1.82) is 0 Å². The minimum atomic E-state index is -0.100. The van der Waals surface area contributed by atoms with Gasteiger partial charge in [0.1, 0.15) is 0 Å². The minimum absolute atomic E-state index is 0.0298. The molecule has 1 N–H and O–H groups in total. The van der Waals surface area contributed by atoms with Crippen molar-refractivity contribution in [3.8, 4) is 0 Å². The van der Waals surface area contributed by atoms with Crippen LogP contribution >= 0.6 is 15.9 Å². The van der Waals surface area contributed by atoms with Crippen LogP contribution in [-0.2, 0) is 5.41 Å². The maximum Gasteiger partial charge on any atom is 0.251 e. The fourth-order valence-electron chi connectivity index (χ4n) is 2.23. The zero-order chi connectivity index (χ0) is 15.5. The molecule has 0 radical (unpaired) electrons. The van der Waals surface area contributed by atoms with Crippen molar-refractivity contribution >= 4 is 21.8 Å². The summed E-state index contributed by atoms with van der Waals surface area (Å²) >= 11 is 3.41. The molecule has 0 aromatic heterocycles. The first-order valence-electron chi connectivity index (χ1n) is 7.00. The topological polar surface area (TPSA) is 29.1 Å². The standard InChI is InChI=1S/C18H20BrNO/c1-13-9-10-15(19)11-16(13)17(21)20-12-18(2,3)14-7-5-4-6-8-14/h4-11H,12H2,1-3H3,(H,20,21). The average Bonchev–Trinajstić information content (AvgIpc) is 2.48. The molecule has 1 amide bonds. The maximum atomic E-state index is 12.4. The Balaban J connectivity index is 2.09. The quantitative estimate of drug-likeness (QED) is 0.870. The van der Waals surface area contributed by atoms with Crippen LogP contribution in [0.2, 0.25) is 0 Å². The largest absolute Gasteiger partial charge is 0.351 e. The number of halogens is 1. The Bertz CT molecular complexity index is 635. The van der Waals surface area contributed by atoms with Gasteiger partial charge in [-0.05, 0) is 30.2 Å². The third kappa shape index (κ3) is 3.94. The molecule has 21 heavy (non-hydrogen) atoms. The summed E-state index contributed by atoms with van der Waals surface area (Å²) in [6, 6.07) is 16.0. The second-order valence-corrected chi connectivity index (χ2v) is 6.81. The molecule has 2 nitrogen and oxygen atoms in total. The highest BCUT2D eigenvalue weighted by molar-refractivity contribution is 9.10. The Morgan fingerprint density at radius 3 is 2.48 bits per heavy atom. The van der Waals surface area contributed by atoms with Gasteiger partial charge in [-0.15, -0.1) is 0 Å². The van der Waals surface area contributed by atoms with E-state index in [0.29, 0.717) is 12.1 Å². The van der Waals surface area contributed by atoms with Crippen LogP contribution < -0.4 is 5.32 Å². The van der Waals surface area contributed by atoms with Crippen LogP contribution in [0.15, 0.2) is 53.0 Å². The summed E-state index contributed by atoms with van der Waals surface area (Å²) in [6.07, 6.45) is 0. The van der Waals surface area contributed by atoms with Crippen molar-refractivity contribution in [1.82, 2.24) is 5.32 Å². The van der Waals surface area contributed by atoms with Gasteiger partial charge in [0, 0.05) is 22.0 Å². The second kappa shape index (κ2) is 6.44. The van der Waals surface area contributed by atoms with Crippen LogP contribution in [0, 0.1) is 6.92 Å². The van der Waals surface area contributed by atoms with Gasteiger partial charge in [0.2, 0.25) is 0 Å². The van der Waals surface area contributed by atoms with Gasteiger partial charge in [-0.3, -0.25) is 4.79 Å². The molecule has 0 heterocycles. The molecule has 0 atom stereocenters. The number of amides is 1. The van der Waals surface area contributed by atoms with Crippen molar-refractivity contribution in [2.45, 2.75) is 26.2 Å². The van der Waals surface area contributed by atoms with Gasteiger partial charge in [0.05, 0.1) is 0 Å². The highest BCUT2D eigenvalue weighted by atomic mass is 79.9. The van der Waals surface area contributed by atoms with E-state index in [-0.39, 0.29) is 11.3 Å². The van der Waals surface area contributed by atoms with E-state index in [1.807, 2.05) is 43.3 Å². The van der Waals surface area contributed by atoms with Gasteiger partial charge >= 0.3 is 0 Å². The molecular formula is C18H20BrNO. The molecule has 0 fully saturated rings. The van der Waals surface area contributed by atoms with Crippen molar-refractivity contribution in [2.75, 3.05) is 6.54 Å². The van der Waals surface area contributed by atoms with Gasteiger partial charge in [0.25, 0.3) is 5.91 Å². The monoisotopic (exact) mass is 345 g/mol. The number of hydrogen-bond donors (Lipinski definition) is 1. The zero-order valence-corrected chi connectivity index (χ0v) is 14.2. The van der Waals surface area contributed by atoms with Gasteiger partial charge in [-0.1, -0.05) is 66.2 Å². The third-order valence-electron chi connectivity index (χ3n) is 3.69. The van der Waals surface area contributed by atoms with Crippen molar-refractivity contribution in [2.24, 2.45) is 0 Å². The van der Waals surface area contributed by atoms with Gasteiger partial charge < -0.3 is 5.32 Å². The Labute approximate surface area is 134 Å². The Morgan fingerprint density at radius 2 is 1.81 bits per heavy atom. The molecule has 0 bridgehead atoms. The summed E-state index contributed by atoms with van der Waals surface area (Å²) in [4.78, 5) is 12.4. The molecule has 0 saturated heterocycles. The number of benzene rings is 2. The predicted molar refractivity (Wildman–Crippen MR) is 90.7 cm³/mol. The lowest BCUT2D eigenvalue weighted by molar-refractivity contribution is 0.0945. The average molecular weight is 346 g/mol. The molecule has 0 aliphatic rings. The van der Waals surface area contributed by atoms with E-state index in [9.17, 15) is 4.79 Å². The molecule has 2 rings (SSSR count). The van der Waals surface area contributed by atoms with Crippen molar-refractivity contribution in [3.05, 3.63) is 69.7 Å². The predicted octanol–water partition coefficient (Wildman–Crippen LogP) is 4.47. The number of aryl methyl sites for hydroxylation is 1. The van der Waals surface area contributed by atoms with Crippen LogP contribution in [0.3, 0.4) is 0 Å². The number of rotatable bonds is 4. The van der Waals surface area contributed by atoms with Crippen LogP contribution in [0.1, 0.15) is 35.3 Å². The molecule has 110 valence electrons. The van der Waals surface area contributed by atoms with Crippen molar-refractivity contribution in [3.63, 3.8) is 0 Å². The summed E-state index contributed by atoms with van der Waals surface area (Å²) in [5.41, 5.74) is 2.81. The summed E-state index contributed by atoms with van der Waals surface area (Å²) in [7, 11) is 0. The smallest absolute Gasteiger partial charge is 0.251 e. The normalized spacial score (nSPS) is 11.2. The number of hydrogen-bond acceptors (Lipinski definition) is 1. The van der Waals surface area contributed by atoms with E-state index in [1.54, 1.807) is 0 Å². The number of carbonyl (C=O) groups is 1. The van der Waals surface area contributed by atoms with Crippen LogP contribution in [0.25, 0.3) is 0 Å². The zero-order valence-electron chi connectivity index (χ0n) is 12.6. The molecule has 0 unspecified atom stereocenters. The fraction of sp³-hybridized carbons (Fsp3) is 0.278. The molecule has 0 aliphatic heterocycles. The van der Waals surface area contributed by atoms with E-state index in [1.165, 1.54) is 5.56 Å². The first kappa shape index (κ1) is 15.8. The van der Waals surface area contributed by atoms with Gasteiger partial charge in [-0.2, -0.15) is 0 Å². The van der Waals surface area contributed by atoms with Crippen LogP contribution in [0.4, 0.5) is 0 Å². The summed E-state index contributed by atoms with van der Waals surface area (Å²) in [5.74, 6) is -0.0298. The first-order valence-corrected chi connectivity index (χ1v) is 7.79. The van der Waals surface area contributed by atoms with Crippen LogP contribution in [0.5, 0.6) is 0 Å². The highest BCUT2D eigenvalue weighted by Crippen LogP contribution is 2.22. The summed E-state index contributed by atoms with van der Waals surface area (Å²) in [6.45, 7) is 6.82. The molecule has 2 aromatic rings. The lowest BCUT2D eigenvalue weighted by atomic mass is 9.84. The molecule has 0 aliphatic carbocycles. The molecule has 3 heteroatoms. The second-order valence-electron chi connectivity index (χ2n) is 5.89. The maximum absolute atomic E-state index is 12.4. The highest BCUT2D eigenvalue weighted by Gasteiger charge is 2.21. The lowest BCUT2D eigenvalue weighted by Gasteiger charge is -2.25. The van der Waals surface area contributed by atoms with E-state index >= 15 is 0 Å². The van der Waals surface area contributed by atoms with E-state index in [4.69, 9.17) is 0 Å². The Kier molecular flexibility index (Phi) is 4.84. The third-order valence-corrected chi connectivity index (χ3v) is 4.18. The Morgan fingerprint density at radius 1 is 1.14 bits per heavy atom. The fourth-order valence-corrected chi connectivity index (χ4v) is 2.59. The molecule has 0 saturated carbocycles. The van der Waals surface area contributed by atoms with Gasteiger partial charge in [0.15, 0.2) is 0 Å².